The molecule has 0 fully saturated rings. The highest BCUT2D eigenvalue weighted by Crippen LogP contribution is 2.41. The van der Waals surface area contributed by atoms with Crippen LogP contribution in [0, 0.1) is 0 Å². The van der Waals surface area contributed by atoms with Crippen LogP contribution >= 0.6 is 0 Å². The molecular formula is C62H40N4. The molecule has 4 nitrogen and oxygen atoms in total. The second-order valence-corrected chi connectivity index (χ2v) is 17.3. The van der Waals surface area contributed by atoms with Gasteiger partial charge in [0.2, 0.25) is 0 Å². The molecule has 1 aliphatic carbocycles. The van der Waals surface area contributed by atoms with E-state index in [4.69, 9.17) is 19.9 Å². The minimum Gasteiger partial charge on any atom is -0.252 e. The maximum absolute atomic E-state index is 5.51. The van der Waals surface area contributed by atoms with E-state index in [2.05, 4.69) is 206 Å². The van der Waals surface area contributed by atoms with Crippen LogP contribution in [-0.4, -0.2) is 19.9 Å². The van der Waals surface area contributed by atoms with Crippen molar-refractivity contribution in [1.82, 2.24) is 19.9 Å². The van der Waals surface area contributed by atoms with Crippen molar-refractivity contribution in [3.8, 4) is 55.9 Å². The van der Waals surface area contributed by atoms with Crippen LogP contribution in [-0.2, 0) is 0 Å². The number of nitrogens with zero attached hydrogens (tertiary/aromatic N) is 4. The van der Waals surface area contributed by atoms with Crippen LogP contribution in [0.1, 0.15) is 18.4 Å². The fourth-order valence-electron chi connectivity index (χ4n) is 10.0. The molecule has 66 heavy (non-hydrogen) atoms. The zero-order chi connectivity index (χ0) is 43.6. The Morgan fingerprint density at radius 3 is 1.11 bits per heavy atom. The van der Waals surface area contributed by atoms with Gasteiger partial charge in [-0.1, -0.05) is 176 Å². The first-order valence-electron chi connectivity index (χ1n) is 22.7. The molecule has 12 aromatic rings. The first kappa shape index (κ1) is 37.9. The summed E-state index contributed by atoms with van der Waals surface area (Å²) in [6.07, 6.45) is 12.8. The van der Waals surface area contributed by atoms with Crippen LogP contribution in [0.3, 0.4) is 0 Å². The van der Waals surface area contributed by atoms with E-state index in [9.17, 15) is 0 Å². The predicted molar refractivity (Wildman–Crippen MR) is 276 cm³/mol. The summed E-state index contributed by atoms with van der Waals surface area (Å²) in [7, 11) is 0. The lowest BCUT2D eigenvalue weighted by atomic mass is 9.92. The molecule has 0 radical (unpaired) electrons. The molecule has 10 aromatic carbocycles. The summed E-state index contributed by atoms with van der Waals surface area (Å²) in [6.45, 7) is 0. The van der Waals surface area contributed by atoms with E-state index in [0.717, 1.165) is 117 Å². The number of rotatable bonds is 6. The maximum Gasteiger partial charge on any atom is 0.0979 e. The van der Waals surface area contributed by atoms with Gasteiger partial charge in [-0.05, 0) is 109 Å². The van der Waals surface area contributed by atoms with Crippen LogP contribution < -0.4 is 0 Å². The number of fused-ring (bicyclic) bond motifs is 12. The van der Waals surface area contributed by atoms with Gasteiger partial charge < -0.3 is 0 Å². The molecule has 0 bridgehead atoms. The van der Waals surface area contributed by atoms with Crippen molar-refractivity contribution in [1.29, 1.82) is 0 Å². The normalized spacial score (nSPS) is 12.8. The molecule has 0 unspecified atom stereocenters. The molecule has 0 aliphatic heterocycles. The molecule has 1 aliphatic rings. The fraction of sp³-hybridized carbons (Fsp3) is 0.0323. The lowest BCUT2D eigenvalue weighted by molar-refractivity contribution is 1.04. The number of aromatic nitrogens is 4. The smallest absolute Gasteiger partial charge is 0.0979 e. The van der Waals surface area contributed by atoms with Gasteiger partial charge in [-0.15, -0.1) is 0 Å². The van der Waals surface area contributed by atoms with E-state index in [1.807, 2.05) is 12.4 Å². The second-order valence-electron chi connectivity index (χ2n) is 17.3. The van der Waals surface area contributed by atoms with Crippen molar-refractivity contribution in [2.75, 3.05) is 0 Å². The zero-order valence-corrected chi connectivity index (χ0v) is 36.0. The van der Waals surface area contributed by atoms with E-state index in [0.29, 0.717) is 0 Å². The average Bonchev–Trinajstić information content (AvgIpc) is 3.41. The highest BCUT2D eigenvalue weighted by atomic mass is 14.8. The van der Waals surface area contributed by atoms with Crippen molar-refractivity contribution in [3.63, 3.8) is 0 Å². The lowest BCUT2D eigenvalue weighted by Crippen LogP contribution is -1.95. The Morgan fingerprint density at radius 2 is 0.682 bits per heavy atom. The third kappa shape index (κ3) is 6.45. The highest BCUT2D eigenvalue weighted by molar-refractivity contribution is 6.25. The molecule has 0 N–H and O–H groups in total. The Hall–Kier alpha value is -8.60. The number of hydrogen-bond acceptors (Lipinski definition) is 4. The Balaban J connectivity index is 0.986. The van der Waals surface area contributed by atoms with Crippen LogP contribution in [0.25, 0.3) is 127 Å². The van der Waals surface area contributed by atoms with Crippen LogP contribution in [0.5, 0.6) is 0 Å². The quantitative estimate of drug-likeness (QED) is 0.157. The van der Waals surface area contributed by atoms with Crippen LogP contribution in [0.15, 0.2) is 219 Å². The molecule has 2 aromatic heterocycles. The average molecular weight is 841 g/mol. The summed E-state index contributed by atoms with van der Waals surface area (Å²) in [6, 6.07) is 67.2. The van der Waals surface area contributed by atoms with Crippen molar-refractivity contribution in [2.24, 2.45) is 0 Å². The van der Waals surface area contributed by atoms with Crippen LogP contribution in [0.4, 0.5) is 0 Å². The monoisotopic (exact) mass is 840 g/mol. The summed E-state index contributed by atoms with van der Waals surface area (Å²) in [4.78, 5) is 21.5. The molecular weight excluding hydrogens is 801 g/mol. The number of hydrogen-bond donors (Lipinski definition) is 0. The maximum atomic E-state index is 5.51. The van der Waals surface area contributed by atoms with Gasteiger partial charge in [-0.2, -0.15) is 0 Å². The third-order valence-electron chi connectivity index (χ3n) is 13.3. The molecule has 4 heteroatoms. The van der Waals surface area contributed by atoms with Crippen molar-refractivity contribution < 1.29 is 0 Å². The SMILES string of the molecule is C1=CC(c2ccc3c4ccc(-c5ccccc5)cc4c4nc(-c5cccc(-c6cnc7c8cc(-c9ccccc9)ccc8c8ccc(-c9ccccc9)cc8c7n6)c5)cnc4c3c2)=CCC1. The summed E-state index contributed by atoms with van der Waals surface area (Å²) < 4.78 is 0. The third-order valence-corrected chi connectivity index (χ3v) is 13.3. The molecule has 0 spiro atoms. The van der Waals surface area contributed by atoms with E-state index < -0.39 is 0 Å². The standard InChI is InChI=1S/C62H40N4/c1-5-14-39(15-6-1)43-24-28-49-51-30-26-45(41-18-9-3-10-19-41)35-55(51)61-59(53(49)33-43)63-37-57(65-61)47-22-13-23-48(32-47)58-38-64-60-54-34-44(40-16-7-2-8-17-40)25-29-50(54)52-31-27-46(36-56(52)62(60)66-58)42-20-11-4-12-21-42/h1,3-7,9-38H,2,8H2. The highest BCUT2D eigenvalue weighted by Gasteiger charge is 2.18. The number of benzene rings is 10. The Morgan fingerprint density at radius 1 is 0.288 bits per heavy atom. The molecule has 0 saturated heterocycles. The summed E-state index contributed by atoms with van der Waals surface area (Å²) in [5.74, 6) is 0. The van der Waals surface area contributed by atoms with Gasteiger partial charge in [0.15, 0.2) is 0 Å². The van der Waals surface area contributed by atoms with E-state index in [-0.39, 0.29) is 0 Å². The largest absolute Gasteiger partial charge is 0.252 e. The van der Waals surface area contributed by atoms with E-state index in [1.165, 1.54) is 27.6 Å². The predicted octanol–water partition coefficient (Wildman–Crippen LogP) is 16.3. The molecule has 13 rings (SSSR count). The van der Waals surface area contributed by atoms with Gasteiger partial charge in [-0.3, -0.25) is 9.97 Å². The zero-order valence-electron chi connectivity index (χ0n) is 36.0. The number of allylic oxidation sites excluding steroid dienone is 4. The molecule has 308 valence electrons. The van der Waals surface area contributed by atoms with Crippen molar-refractivity contribution >= 4 is 70.7 Å². The second kappa shape index (κ2) is 15.6. The summed E-state index contributed by atoms with van der Waals surface area (Å²) in [5.41, 5.74) is 16.5. The molecule has 0 atom stereocenters. The Bertz CT molecular complexity index is 3970. The first-order valence-corrected chi connectivity index (χ1v) is 22.7. The Labute approximate surface area is 381 Å². The van der Waals surface area contributed by atoms with Gasteiger partial charge in [-0.25, -0.2) is 9.97 Å². The van der Waals surface area contributed by atoms with Gasteiger partial charge in [0.25, 0.3) is 0 Å². The van der Waals surface area contributed by atoms with Crippen molar-refractivity contribution in [2.45, 2.75) is 12.8 Å². The lowest BCUT2D eigenvalue weighted by Gasteiger charge is -2.15. The minimum atomic E-state index is 0.797. The van der Waals surface area contributed by atoms with Crippen molar-refractivity contribution in [3.05, 3.63) is 224 Å². The van der Waals surface area contributed by atoms with Gasteiger partial charge in [0.1, 0.15) is 0 Å². The summed E-state index contributed by atoms with van der Waals surface area (Å²) >= 11 is 0. The van der Waals surface area contributed by atoms with E-state index >= 15 is 0 Å². The molecule has 0 saturated carbocycles. The van der Waals surface area contributed by atoms with Crippen LogP contribution in [0.2, 0.25) is 0 Å². The minimum absolute atomic E-state index is 0.797. The first-order chi connectivity index (χ1) is 32.7. The van der Waals surface area contributed by atoms with E-state index in [1.54, 1.807) is 0 Å². The van der Waals surface area contributed by atoms with Gasteiger partial charge in [0, 0.05) is 32.7 Å². The Kier molecular flexibility index (Phi) is 8.95. The van der Waals surface area contributed by atoms with Gasteiger partial charge in [0.05, 0.1) is 45.8 Å². The summed E-state index contributed by atoms with van der Waals surface area (Å²) in [5, 5.41) is 8.99. The topological polar surface area (TPSA) is 51.6 Å². The molecule has 0 amide bonds. The molecule has 2 heterocycles. The fourth-order valence-corrected chi connectivity index (χ4v) is 10.0. The van der Waals surface area contributed by atoms with Gasteiger partial charge >= 0.3 is 0 Å².